The fraction of sp³-hybridized carbons (Fsp3) is 0.375. The van der Waals surface area contributed by atoms with E-state index in [0.717, 1.165) is 4.31 Å². The first-order valence-corrected chi connectivity index (χ1v) is 9.34. The molecule has 0 aromatic heterocycles. The van der Waals surface area contributed by atoms with Gasteiger partial charge in [-0.1, -0.05) is 36.4 Å². The van der Waals surface area contributed by atoms with Crippen molar-refractivity contribution in [3.05, 3.63) is 48.6 Å². The van der Waals surface area contributed by atoms with Crippen molar-refractivity contribution in [2.24, 2.45) is 5.73 Å². The molecule has 25 heavy (non-hydrogen) atoms. The first-order chi connectivity index (χ1) is 11.8. The Hall–Kier alpha value is -2.39. The van der Waals surface area contributed by atoms with Crippen LogP contribution in [0.15, 0.2) is 43.0 Å². The Balaban J connectivity index is 3.01. The Morgan fingerprint density at radius 3 is 2.56 bits per heavy atom. The molecule has 1 unspecified atom stereocenters. The molecule has 0 aliphatic heterocycles. The third-order valence-electron chi connectivity index (χ3n) is 3.47. The molecule has 1 atom stereocenters. The van der Waals surface area contributed by atoms with Gasteiger partial charge in [0.05, 0.1) is 5.75 Å². The van der Waals surface area contributed by atoms with Crippen LogP contribution in [0.5, 0.6) is 0 Å². The van der Waals surface area contributed by atoms with E-state index in [9.17, 15) is 18.3 Å². The Morgan fingerprint density at radius 1 is 1.40 bits per heavy atom. The maximum atomic E-state index is 12.5. The summed E-state index contributed by atoms with van der Waals surface area (Å²) in [7, 11) is -3.82. The van der Waals surface area contributed by atoms with Gasteiger partial charge in [0.15, 0.2) is 5.96 Å². The van der Waals surface area contributed by atoms with E-state index in [0.29, 0.717) is 18.5 Å². The number of carboxylic acid groups (broad SMARTS) is 1. The predicted molar refractivity (Wildman–Crippen MR) is 96.5 cm³/mol. The van der Waals surface area contributed by atoms with Crippen LogP contribution in [0, 0.1) is 5.41 Å². The fourth-order valence-electron chi connectivity index (χ4n) is 2.32. The van der Waals surface area contributed by atoms with Gasteiger partial charge in [0.1, 0.15) is 6.04 Å². The maximum Gasteiger partial charge on any atom is 0.322 e. The molecule has 1 aromatic carbocycles. The lowest BCUT2D eigenvalue weighted by atomic mass is 10.1. The highest BCUT2D eigenvalue weighted by Crippen LogP contribution is 2.18. The number of carbonyl (C=O) groups is 1. The molecule has 0 bridgehead atoms. The zero-order valence-electron chi connectivity index (χ0n) is 13.9. The minimum atomic E-state index is -3.82. The number of nitrogens with two attached hydrogens (primary N) is 1. The number of carboxylic acids is 1. The second-order valence-corrected chi connectivity index (χ2v) is 7.40. The van der Waals surface area contributed by atoms with Crippen LogP contribution in [0.25, 0.3) is 0 Å². The van der Waals surface area contributed by atoms with Gasteiger partial charge in [0, 0.05) is 13.1 Å². The normalized spacial score (nSPS) is 12.5. The van der Waals surface area contributed by atoms with Crippen molar-refractivity contribution in [2.45, 2.75) is 25.4 Å². The number of guanidine groups is 1. The molecule has 8 nitrogen and oxygen atoms in total. The average molecular weight is 368 g/mol. The molecule has 1 aromatic rings. The van der Waals surface area contributed by atoms with E-state index in [1.54, 1.807) is 30.3 Å². The van der Waals surface area contributed by atoms with Gasteiger partial charge in [-0.3, -0.25) is 10.2 Å². The maximum absolute atomic E-state index is 12.5. The molecule has 5 N–H and O–H groups in total. The van der Waals surface area contributed by atoms with Crippen molar-refractivity contribution >= 4 is 22.0 Å². The molecule has 0 aliphatic rings. The highest BCUT2D eigenvalue weighted by atomic mass is 32.2. The highest BCUT2D eigenvalue weighted by Gasteiger charge is 2.33. The molecule has 0 radical (unpaired) electrons. The third-order valence-corrected chi connectivity index (χ3v) is 5.22. The van der Waals surface area contributed by atoms with Crippen molar-refractivity contribution < 1.29 is 18.3 Å². The second-order valence-electron chi connectivity index (χ2n) is 5.43. The van der Waals surface area contributed by atoms with E-state index in [1.807, 2.05) is 0 Å². The van der Waals surface area contributed by atoms with Gasteiger partial charge in [-0.2, -0.15) is 4.31 Å². The molecule has 0 spiro atoms. The Morgan fingerprint density at radius 2 is 2.04 bits per heavy atom. The quantitative estimate of drug-likeness (QED) is 0.197. The summed E-state index contributed by atoms with van der Waals surface area (Å²) in [5.74, 6) is -1.77. The van der Waals surface area contributed by atoms with Crippen LogP contribution in [0.4, 0.5) is 0 Å². The summed E-state index contributed by atoms with van der Waals surface area (Å²) in [6.07, 6.45) is 1.69. The monoisotopic (exact) mass is 368 g/mol. The number of benzene rings is 1. The Labute approximate surface area is 147 Å². The molecule has 0 aliphatic carbocycles. The summed E-state index contributed by atoms with van der Waals surface area (Å²) in [5.41, 5.74) is 5.88. The first kappa shape index (κ1) is 20.7. The lowest BCUT2D eigenvalue weighted by Gasteiger charge is -2.28. The largest absolute Gasteiger partial charge is 0.480 e. The van der Waals surface area contributed by atoms with E-state index in [4.69, 9.17) is 11.1 Å². The van der Waals surface area contributed by atoms with Crippen molar-refractivity contribution in [1.29, 1.82) is 5.41 Å². The van der Waals surface area contributed by atoms with Gasteiger partial charge in [-0.25, -0.2) is 8.42 Å². The lowest BCUT2D eigenvalue weighted by molar-refractivity contribution is -0.141. The van der Waals surface area contributed by atoms with Crippen LogP contribution >= 0.6 is 0 Å². The third kappa shape index (κ3) is 6.94. The topological polar surface area (TPSA) is 137 Å². The molecule has 0 saturated carbocycles. The number of rotatable bonds is 11. The van der Waals surface area contributed by atoms with Crippen molar-refractivity contribution in [3.63, 3.8) is 0 Å². The number of aliphatic carboxylic acids is 1. The van der Waals surface area contributed by atoms with E-state index in [-0.39, 0.29) is 24.7 Å². The summed E-state index contributed by atoms with van der Waals surface area (Å²) in [6.45, 7) is 3.69. The van der Waals surface area contributed by atoms with Crippen LogP contribution in [-0.2, 0) is 21.4 Å². The number of nitrogens with zero attached hydrogens (tertiary/aromatic N) is 1. The van der Waals surface area contributed by atoms with Crippen LogP contribution in [0.1, 0.15) is 18.4 Å². The molecule has 0 heterocycles. The predicted octanol–water partition coefficient (Wildman–Crippen LogP) is 0.721. The van der Waals surface area contributed by atoms with Gasteiger partial charge in [-0.05, 0) is 18.4 Å². The Bertz CT molecular complexity index is 691. The van der Waals surface area contributed by atoms with E-state index < -0.39 is 22.0 Å². The van der Waals surface area contributed by atoms with Gasteiger partial charge in [-0.15, -0.1) is 6.58 Å². The summed E-state index contributed by atoms with van der Waals surface area (Å²) in [6, 6.07) is 7.60. The molecule has 9 heteroatoms. The Kier molecular flexibility index (Phi) is 8.09. The number of sulfonamides is 1. The summed E-state index contributed by atoms with van der Waals surface area (Å²) in [5, 5.41) is 19.2. The lowest BCUT2D eigenvalue weighted by Crippen LogP contribution is -2.45. The van der Waals surface area contributed by atoms with Crippen LogP contribution in [0.2, 0.25) is 0 Å². The van der Waals surface area contributed by atoms with E-state index >= 15 is 0 Å². The first-order valence-electron chi connectivity index (χ1n) is 7.73. The fourth-order valence-corrected chi connectivity index (χ4v) is 3.74. The molecule has 0 amide bonds. The number of hydrogen-bond acceptors (Lipinski definition) is 4. The van der Waals surface area contributed by atoms with Crippen molar-refractivity contribution in [1.82, 2.24) is 9.62 Å². The van der Waals surface area contributed by atoms with Crippen LogP contribution < -0.4 is 11.1 Å². The van der Waals surface area contributed by atoms with Gasteiger partial charge in [0.2, 0.25) is 10.0 Å². The SMILES string of the molecule is C=CCS(=O)(=O)N(Cc1ccccc1)C(CCCNC(=N)N)C(=O)O. The molecular formula is C16H24N4O4S. The van der Waals surface area contributed by atoms with Gasteiger partial charge in [0.25, 0.3) is 0 Å². The standard InChI is InChI=1S/C16H24N4O4S/c1-2-11-25(23,24)20(12-13-7-4-3-5-8-13)14(15(21)22)9-6-10-19-16(17)18/h2-5,7-8,14H,1,6,9-12H2,(H,21,22)(H4,17,18,19). The second kappa shape index (κ2) is 9.80. The summed E-state index contributed by atoms with van der Waals surface area (Å²) in [4.78, 5) is 11.7. The summed E-state index contributed by atoms with van der Waals surface area (Å²) < 4.78 is 26.1. The molecule has 138 valence electrons. The zero-order valence-corrected chi connectivity index (χ0v) is 14.7. The number of hydrogen-bond donors (Lipinski definition) is 4. The zero-order chi connectivity index (χ0) is 18.9. The van der Waals surface area contributed by atoms with Crippen LogP contribution in [-0.4, -0.2) is 48.1 Å². The molecule has 0 saturated heterocycles. The number of nitrogens with one attached hydrogen (secondary N) is 2. The van der Waals surface area contributed by atoms with Crippen LogP contribution in [0.3, 0.4) is 0 Å². The van der Waals surface area contributed by atoms with E-state index in [2.05, 4.69) is 11.9 Å². The van der Waals surface area contributed by atoms with Crippen molar-refractivity contribution in [2.75, 3.05) is 12.3 Å². The van der Waals surface area contributed by atoms with E-state index in [1.165, 1.54) is 6.08 Å². The summed E-state index contributed by atoms with van der Waals surface area (Å²) >= 11 is 0. The highest BCUT2D eigenvalue weighted by molar-refractivity contribution is 7.89. The molecular weight excluding hydrogens is 344 g/mol. The smallest absolute Gasteiger partial charge is 0.322 e. The van der Waals surface area contributed by atoms with Gasteiger partial charge >= 0.3 is 5.97 Å². The minimum absolute atomic E-state index is 0.0336. The minimum Gasteiger partial charge on any atom is -0.480 e. The van der Waals surface area contributed by atoms with Gasteiger partial charge < -0.3 is 16.2 Å². The molecule has 1 rings (SSSR count). The molecule has 0 fully saturated rings. The van der Waals surface area contributed by atoms with Crippen molar-refractivity contribution in [3.8, 4) is 0 Å². The average Bonchev–Trinajstić information content (AvgIpc) is 2.53.